The molecule has 1 saturated carbocycles. The average molecular weight is 565 g/mol. The minimum absolute atomic E-state index is 0.0274. The smallest absolute Gasteiger partial charge is 0.303 e. The maximum atomic E-state index is 13.6. The van der Waals surface area contributed by atoms with E-state index in [9.17, 15) is 29.1 Å². The molecule has 2 saturated heterocycles. The number of hydrogen-bond acceptors (Lipinski definition) is 7. The molecule has 5 rings (SSSR count). The number of carbonyl (C=O) groups excluding carboxylic acids is 4. The van der Waals surface area contributed by atoms with Crippen molar-refractivity contribution < 1.29 is 38.9 Å². The third-order valence-electron chi connectivity index (χ3n) is 8.41. The summed E-state index contributed by atoms with van der Waals surface area (Å²) in [4.78, 5) is 62.8. The Morgan fingerprint density at radius 2 is 1.84 bits per heavy atom. The number of rotatable bonds is 6. The van der Waals surface area contributed by atoms with Crippen molar-refractivity contribution >= 4 is 52.8 Å². The number of carbonyl (C=O) groups is 5. The number of phenolic OH excluding ortho intramolecular Hbond substituents is 1. The molecule has 0 aromatic heterocycles. The molecule has 1 aromatic rings. The third-order valence-corrected chi connectivity index (χ3v) is 9.83. The topological polar surface area (TPSA) is 142 Å². The Labute approximate surface area is 228 Å². The number of benzene rings is 1. The Hall–Kier alpha value is -3.11. The summed E-state index contributed by atoms with van der Waals surface area (Å²) in [5.74, 6) is -6.47. The fraction of sp³-hybridized carbons (Fsp3) is 0.500. The number of allylic oxidation sites excluding steroid dienone is 2. The highest BCUT2D eigenvalue weighted by Gasteiger charge is 2.75. The lowest BCUT2D eigenvalue weighted by atomic mass is 9.56. The van der Waals surface area contributed by atoms with Gasteiger partial charge in [-0.15, -0.1) is 23.2 Å². The minimum atomic E-state index is -1.94. The first kappa shape index (κ1) is 26.5. The van der Waals surface area contributed by atoms with Crippen molar-refractivity contribution in [2.24, 2.45) is 17.8 Å². The van der Waals surface area contributed by atoms with Gasteiger partial charge in [-0.05, 0) is 42.9 Å². The predicted molar refractivity (Wildman–Crippen MR) is 134 cm³/mol. The highest BCUT2D eigenvalue weighted by atomic mass is 35.5. The fourth-order valence-electron chi connectivity index (χ4n) is 6.68. The van der Waals surface area contributed by atoms with Gasteiger partial charge in [-0.25, -0.2) is 0 Å². The number of carboxylic acid groups (broad SMARTS) is 1. The number of imide groups is 2. The Morgan fingerprint density at radius 3 is 2.47 bits per heavy atom. The molecule has 6 unspecified atom stereocenters. The summed E-state index contributed by atoms with van der Waals surface area (Å²) in [5.41, 5.74) is 1.01. The van der Waals surface area contributed by atoms with Crippen LogP contribution in [-0.4, -0.2) is 80.1 Å². The van der Waals surface area contributed by atoms with Gasteiger partial charge in [0.25, 0.3) is 11.8 Å². The van der Waals surface area contributed by atoms with Crippen molar-refractivity contribution in [2.45, 2.75) is 41.3 Å². The third kappa shape index (κ3) is 3.42. The normalized spacial score (nSPS) is 34.2. The zero-order valence-corrected chi connectivity index (χ0v) is 22.2. The number of ether oxygens (including phenoxy) is 1. The van der Waals surface area contributed by atoms with Gasteiger partial charge < -0.3 is 14.9 Å². The van der Waals surface area contributed by atoms with Crippen LogP contribution < -0.4 is 4.74 Å². The molecule has 2 N–H and O–H groups in total. The minimum Gasteiger partial charge on any atom is -0.504 e. The van der Waals surface area contributed by atoms with Crippen LogP contribution in [0.15, 0.2) is 29.8 Å². The van der Waals surface area contributed by atoms with E-state index in [0.717, 1.165) is 9.80 Å². The predicted octanol–water partition coefficient (Wildman–Crippen LogP) is 2.25. The van der Waals surface area contributed by atoms with Crippen LogP contribution in [0, 0.1) is 17.8 Å². The molecule has 0 spiro atoms. The number of aromatic hydroxyl groups is 1. The number of fused-ring (bicyclic) bond motifs is 4. The average Bonchev–Trinajstić information content (AvgIpc) is 3.19. The van der Waals surface area contributed by atoms with E-state index in [0.29, 0.717) is 11.1 Å². The van der Waals surface area contributed by atoms with E-state index in [2.05, 4.69) is 0 Å². The van der Waals surface area contributed by atoms with Gasteiger partial charge in [0, 0.05) is 25.9 Å². The zero-order chi connectivity index (χ0) is 27.7. The van der Waals surface area contributed by atoms with Crippen LogP contribution in [0.2, 0.25) is 0 Å². The molecule has 10 nitrogen and oxygen atoms in total. The summed E-state index contributed by atoms with van der Waals surface area (Å²) in [5, 5.41) is 19.5. The molecule has 2 aliphatic carbocycles. The number of likely N-dealkylation sites (tertiary alicyclic amines) is 2. The maximum Gasteiger partial charge on any atom is 0.303 e. The molecule has 2 aliphatic heterocycles. The molecule has 38 heavy (non-hydrogen) atoms. The molecule has 0 radical (unpaired) electrons. The number of hydrogen-bond donors (Lipinski definition) is 2. The molecule has 4 aliphatic rings. The van der Waals surface area contributed by atoms with Crippen molar-refractivity contribution in [3.8, 4) is 11.5 Å². The first-order chi connectivity index (χ1) is 17.9. The zero-order valence-electron chi connectivity index (χ0n) is 20.6. The molecule has 12 heteroatoms. The number of alkyl halides is 2. The number of nitrogens with zero attached hydrogens (tertiary/aromatic N) is 2. The standard InChI is InChI=1S/C26H26Cl2N2O8/c1-29-23(36)25(27)11-15-13(6-7-14-19(15)22(35)30(21(14)34)9-3-4-18(32)33)20(26(25,28)24(29)37)12-5-8-17(38-2)16(31)10-12/h5-6,8,10,14-15,19-20,31H,3-4,7,9,11H2,1-2H3,(H,32,33). The van der Waals surface area contributed by atoms with E-state index in [1.807, 2.05) is 0 Å². The molecule has 4 amide bonds. The van der Waals surface area contributed by atoms with E-state index in [1.54, 1.807) is 12.1 Å². The summed E-state index contributed by atoms with van der Waals surface area (Å²) >= 11 is 14.1. The van der Waals surface area contributed by atoms with E-state index in [4.69, 9.17) is 33.0 Å². The highest BCUT2D eigenvalue weighted by molar-refractivity contribution is 6.53. The van der Waals surface area contributed by atoms with Crippen LogP contribution in [0.25, 0.3) is 0 Å². The second-order valence-electron chi connectivity index (χ2n) is 10.3. The fourth-order valence-corrected chi connectivity index (χ4v) is 7.70. The molecular weight excluding hydrogens is 539 g/mol. The Balaban J connectivity index is 1.62. The van der Waals surface area contributed by atoms with Crippen LogP contribution in [0.1, 0.15) is 37.2 Å². The number of phenols is 1. The number of carboxylic acids is 1. The second-order valence-corrected chi connectivity index (χ2v) is 11.5. The summed E-state index contributed by atoms with van der Waals surface area (Å²) < 4.78 is 5.14. The van der Waals surface area contributed by atoms with Gasteiger partial charge in [-0.3, -0.25) is 33.8 Å². The summed E-state index contributed by atoms with van der Waals surface area (Å²) in [6, 6.07) is 4.53. The van der Waals surface area contributed by atoms with Gasteiger partial charge in [-0.2, -0.15) is 0 Å². The van der Waals surface area contributed by atoms with Gasteiger partial charge in [-0.1, -0.05) is 17.7 Å². The second kappa shape index (κ2) is 8.98. The Kier molecular flexibility index (Phi) is 6.26. The van der Waals surface area contributed by atoms with Gasteiger partial charge in [0.1, 0.15) is 0 Å². The molecule has 6 atom stereocenters. The van der Waals surface area contributed by atoms with Crippen LogP contribution >= 0.6 is 23.2 Å². The Morgan fingerprint density at radius 1 is 1.13 bits per heavy atom. The first-order valence-electron chi connectivity index (χ1n) is 12.2. The summed E-state index contributed by atoms with van der Waals surface area (Å²) in [6.45, 7) is -0.0274. The van der Waals surface area contributed by atoms with Crippen molar-refractivity contribution in [1.29, 1.82) is 0 Å². The molecule has 0 bridgehead atoms. The van der Waals surface area contributed by atoms with E-state index >= 15 is 0 Å². The van der Waals surface area contributed by atoms with Gasteiger partial charge in [0.15, 0.2) is 21.2 Å². The highest BCUT2D eigenvalue weighted by Crippen LogP contribution is 2.65. The number of amides is 4. The lowest BCUT2D eigenvalue weighted by Gasteiger charge is -2.50. The monoisotopic (exact) mass is 564 g/mol. The number of methoxy groups -OCH3 is 1. The SMILES string of the molecule is COc1ccc(C2C3=CCC4C(=O)N(CCCC(=O)O)C(=O)C4C3CC3(Cl)C(=O)N(C)C(=O)C23Cl)cc1O. The van der Waals surface area contributed by atoms with Crippen molar-refractivity contribution in [3.63, 3.8) is 0 Å². The van der Waals surface area contributed by atoms with E-state index in [-0.39, 0.29) is 43.7 Å². The van der Waals surface area contributed by atoms with Crippen LogP contribution in [-0.2, 0) is 24.0 Å². The lowest BCUT2D eigenvalue weighted by molar-refractivity contribution is -0.142. The van der Waals surface area contributed by atoms with Crippen LogP contribution in [0.4, 0.5) is 0 Å². The molecule has 1 aromatic carbocycles. The Bertz CT molecular complexity index is 1310. The number of aliphatic carboxylic acids is 1. The van der Waals surface area contributed by atoms with Gasteiger partial charge >= 0.3 is 5.97 Å². The molecule has 3 fully saturated rings. The van der Waals surface area contributed by atoms with Crippen molar-refractivity contribution in [1.82, 2.24) is 9.80 Å². The van der Waals surface area contributed by atoms with Crippen LogP contribution in [0.3, 0.4) is 0 Å². The maximum absolute atomic E-state index is 13.6. The van der Waals surface area contributed by atoms with Gasteiger partial charge in [0.05, 0.1) is 18.9 Å². The van der Waals surface area contributed by atoms with Crippen LogP contribution in [0.5, 0.6) is 11.5 Å². The largest absolute Gasteiger partial charge is 0.504 e. The molecule has 202 valence electrons. The van der Waals surface area contributed by atoms with Crippen molar-refractivity contribution in [3.05, 3.63) is 35.4 Å². The quantitative estimate of drug-likeness (QED) is 0.304. The molecule has 2 heterocycles. The first-order valence-corrected chi connectivity index (χ1v) is 13.0. The van der Waals surface area contributed by atoms with E-state index in [1.165, 1.54) is 26.3 Å². The summed E-state index contributed by atoms with van der Waals surface area (Å²) in [6.07, 6.45) is 1.79. The molecular formula is C26H26Cl2N2O8. The van der Waals surface area contributed by atoms with Gasteiger partial charge in [0.2, 0.25) is 11.8 Å². The van der Waals surface area contributed by atoms with E-state index < -0.39 is 63.0 Å². The number of halogens is 2. The summed E-state index contributed by atoms with van der Waals surface area (Å²) in [7, 11) is 2.69. The lowest BCUT2D eigenvalue weighted by Crippen LogP contribution is -2.60. The van der Waals surface area contributed by atoms with Crippen molar-refractivity contribution in [2.75, 3.05) is 20.7 Å².